The number of anilines is 4. The van der Waals surface area contributed by atoms with Crippen LogP contribution in [-0.2, 0) is 0 Å². The van der Waals surface area contributed by atoms with Gasteiger partial charge in [-0.05, 0) is 23.3 Å². The zero-order valence-corrected chi connectivity index (χ0v) is 15.9. The number of aromatic nitrogens is 2. The minimum Gasteiger partial charge on any atom is -0.393 e. The van der Waals surface area contributed by atoms with Gasteiger partial charge in [0.1, 0.15) is 23.6 Å². The molecule has 0 saturated heterocycles. The van der Waals surface area contributed by atoms with Crippen LogP contribution in [0.4, 0.5) is 31.8 Å². The summed E-state index contributed by atoms with van der Waals surface area (Å²) in [6.45, 7) is 0. The number of nitrogen functional groups attached to an aromatic ring is 1. The highest BCUT2D eigenvalue weighted by molar-refractivity contribution is 5.78. The van der Waals surface area contributed by atoms with Gasteiger partial charge in [-0.3, -0.25) is 0 Å². The van der Waals surface area contributed by atoms with Crippen LogP contribution in [0.1, 0.15) is 17.2 Å². The summed E-state index contributed by atoms with van der Waals surface area (Å²) in [5, 5.41) is 6.16. The van der Waals surface area contributed by atoms with E-state index < -0.39 is 11.6 Å². The van der Waals surface area contributed by atoms with E-state index in [2.05, 4.69) is 20.6 Å². The Bertz CT molecular complexity index is 1100. The second-order valence-electron chi connectivity index (χ2n) is 6.63. The smallest absolute Gasteiger partial charge is 0.159 e. The molecule has 0 aliphatic heterocycles. The predicted molar refractivity (Wildman–Crippen MR) is 114 cm³/mol. The Hall–Kier alpha value is -4.00. The van der Waals surface area contributed by atoms with Crippen molar-refractivity contribution in [2.45, 2.75) is 6.04 Å². The van der Waals surface area contributed by atoms with Gasteiger partial charge in [-0.1, -0.05) is 60.7 Å². The molecule has 0 saturated carbocycles. The van der Waals surface area contributed by atoms with Gasteiger partial charge in [-0.2, -0.15) is 0 Å². The topological polar surface area (TPSA) is 75.9 Å². The van der Waals surface area contributed by atoms with Gasteiger partial charge in [-0.25, -0.2) is 18.7 Å². The van der Waals surface area contributed by atoms with Crippen LogP contribution in [0.2, 0.25) is 0 Å². The SMILES string of the molecule is Nc1c(Nc2ccc(F)cc2F)ncnc1NC(c1ccccc1)c1ccccc1. The Balaban J connectivity index is 1.67. The van der Waals surface area contributed by atoms with Gasteiger partial charge in [0.25, 0.3) is 0 Å². The normalized spacial score (nSPS) is 10.8. The summed E-state index contributed by atoms with van der Waals surface area (Å²) in [6.07, 6.45) is 1.33. The predicted octanol–water partition coefficient (Wildman–Crippen LogP) is 5.28. The van der Waals surface area contributed by atoms with Crippen LogP contribution >= 0.6 is 0 Å². The van der Waals surface area contributed by atoms with Crippen molar-refractivity contribution in [1.82, 2.24) is 9.97 Å². The standard InChI is InChI=1S/C23H19F2N5/c24-17-11-12-19(18(25)13-17)29-22-20(26)23(28-14-27-22)30-21(15-7-3-1-4-8-15)16-9-5-2-6-10-16/h1-14,21H,26H2,(H2,27,28,29,30). The summed E-state index contributed by atoms with van der Waals surface area (Å²) < 4.78 is 27.2. The van der Waals surface area contributed by atoms with E-state index in [1.165, 1.54) is 12.4 Å². The van der Waals surface area contributed by atoms with Gasteiger partial charge >= 0.3 is 0 Å². The number of rotatable bonds is 6. The number of halogens is 2. The van der Waals surface area contributed by atoms with Gasteiger partial charge in [0, 0.05) is 6.07 Å². The lowest BCUT2D eigenvalue weighted by molar-refractivity contribution is 0.586. The fourth-order valence-electron chi connectivity index (χ4n) is 3.12. The number of nitrogens with two attached hydrogens (primary N) is 1. The van der Waals surface area contributed by atoms with E-state index in [0.717, 1.165) is 23.3 Å². The molecule has 0 unspecified atom stereocenters. The van der Waals surface area contributed by atoms with E-state index in [0.29, 0.717) is 5.82 Å². The Morgan fingerprint density at radius 2 is 1.37 bits per heavy atom. The van der Waals surface area contributed by atoms with Crippen LogP contribution in [0.3, 0.4) is 0 Å². The lowest BCUT2D eigenvalue weighted by Gasteiger charge is -2.22. The summed E-state index contributed by atoms with van der Waals surface area (Å²) in [5.41, 5.74) is 8.61. The first-order valence-electron chi connectivity index (χ1n) is 9.31. The van der Waals surface area contributed by atoms with Gasteiger partial charge in [0.2, 0.25) is 0 Å². The van der Waals surface area contributed by atoms with Gasteiger partial charge in [0.05, 0.1) is 11.7 Å². The molecule has 0 fully saturated rings. The maximum absolute atomic E-state index is 14.0. The summed E-state index contributed by atoms with van der Waals surface area (Å²) in [4.78, 5) is 8.37. The quantitative estimate of drug-likeness (QED) is 0.408. The molecule has 0 aliphatic carbocycles. The van der Waals surface area contributed by atoms with E-state index in [9.17, 15) is 8.78 Å². The molecular formula is C23H19F2N5. The molecule has 30 heavy (non-hydrogen) atoms. The summed E-state index contributed by atoms with van der Waals surface area (Å²) in [7, 11) is 0. The fraction of sp³-hybridized carbons (Fsp3) is 0.0435. The molecule has 0 radical (unpaired) electrons. The molecule has 0 bridgehead atoms. The third kappa shape index (κ3) is 4.20. The van der Waals surface area contributed by atoms with Crippen molar-refractivity contribution in [3.63, 3.8) is 0 Å². The third-order valence-electron chi connectivity index (χ3n) is 4.61. The van der Waals surface area contributed by atoms with Crippen molar-refractivity contribution in [2.24, 2.45) is 0 Å². The molecule has 1 aromatic heterocycles. The average Bonchev–Trinajstić information content (AvgIpc) is 2.77. The zero-order valence-electron chi connectivity index (χ0n) is 15.9. The van der Waals surface area contributed by atoms with Crippen LogP contribution in [0.15, 0.2) is 85.2 Å². The van der Waals surface area contributed by atoms with Crippen molar-refractivity contribution in [1.29, 1.82) is 0 Å². The molecular weight excluding hydrogens is 384 g/mol. The van der Waals surface area contributed by atoms with Gasteiger partial charge in [-0.15, -0.1) is 0 Å². The lowest BCUT2D eigenvalue weighted by Crippen LogP contribution is -2.15. The van der Waals surface area contributed by atoms with Gasteiger partial charge in [0.15, 0.2) is 11.6 Å². The monoisotopic (exact) mass is 403 g/mol. The summed E-state index contributed by atoms with van der Waals surface area (Å²) in [5.74, 6) is -0.788. The molecule has 150 valence electrons. The first-order valence-corrected chi connectivity index (χ1v) is 9.31. The molecule has 0 amide bonds. The zero-order chi connectivity index (χ0) is 20.9. The van der Waals surface area contributed by atoms with Crippen molar-refractivity contribution < 1.29 is 8.78 Å². The number of nitrogens with zero attached hydrogens (tertiary/aromatic N) is 2. The molecule has 5 nitrogen and oxygen atoms in total. The Labute approximate surface area is 172 Å². The Kier molecular flexibility index (Phi) is 5.52. The van der Waals surface area contributed by atoms with E-state index >= 15 is 0 Å². The second kappa shape index (κ2) is 8.57. The molecule has 0 spiro atoms. The van der Waals surface area contributed by atoms with Crippen LogP contribution in [0.25, 0.3) is 0 Å². The number of hydrogen-bond donors (Lipinski definition) is 3. The van der Waals surface area contributed by atoms with Crippen LogP contribution in [-0.4, -0.2) is 9.97 Å². The molecule has 4 aromatic rings. The maximum Gasteiger partial charge on any atom is 0.159 e. The van der Waals surface area contributed by atoms with Crippen molar-refractivity contribution >= 4 is 23.0 Å². The highest BCUT2D eigenvalue weighted by Crippen LogP contribution is 2.32. The average molecular weight is 403 g/mol. The lowest BCUT2D eigenvalue weighted by atomic mass is 9.99. The van der Waals surface area contributed by atoms with E-state index in [4.69, 9.17) is 5.73 Å². The van der Waals surface area contributed by atoms with Crippen LogP contribution < -0.4 is 16.4 Å². The molecule has 1 heterocycles. The molecule has 4 rings (SSSR count). The van der Waals surface area contributed by atoms with Crippen molar-refractivity contribution in [2.75, 3.05) is 16.4 Å². The highest BCUT2D eigenvalue weighted by Gasteiger charge is 2.18. The first-order chi connectivity index (χ1) is 14.6. The summed E-state index contributed by atoms with van der Waals surface area (Å²) >= 11 is 0. The minimum absolute atomic E-state index is 0.0652. The molecule has 7 heteroatoms. The van der Waals surface area contributed by atoms with E-state index in [-0.39, 0.29) is 23.2 Å². The highest BCUT2D eigenvalue weighted by atomic mass is 19.1. The van der Waals surface area contributed by atoms with Crippen molar-refractivity contribution in [3.05, 3.63) is 108 Å². The molecule has 4 N–H and O–H groups in total. The molecule has 0 atom stereocenters. The Morgan fingerprint density at radius 1 is 0.767 bits per heavy atom. The van der Waals surface area contributed by atoms with Crippen LogP contribution in [0, 0.1) is 11.6 Å². The largest absolute Gasteiger partial charge is 0.393 e. The number of benzene rings is 3. The van der Waals surface area contributed by atoms with E-state index in [1.54, 1.807) is 0 Å². The molecule has 3 aromatic carbocycles. The van der Waals surface area contributed by atoms with Crippen LogP contribution in [0.5, 0.6) is 0 Å². The third-order valence-corrected chi connectivity index (χ3v) is 4.61. The van der Waals surface area contributed by atoms with E-state index in [1.807, 2.05) is 60.7 Å². The fourth-order valence-corrected chi connectivity index (χ4v) is 3.12. The molecule has 0 aliphatic rings. The maximum atomic E-state index is 14.0. The van der Waals surface area contributed by atoms with Gasteiger partial charge < -0.3 is 16.4 Å². The Morgan fingerprint density at radius 3 is 1.97 bits per heavy atom. The first kappa shape index (κ1) is 19.3. The summed E-state index contributed by atoms with van der Waals surface area (Å²) in [6, 6.07) is 22.8. The number of nitrogens with one attached hydrogen (secondary N) is 2. The van der Waals surface area contributed by atoms with Crippen molar-refractivity contribution in [3.8, 4) is 0 Å². The second-order valence-corrected chi connectivity index (χ2v) is 6.63. The minimum atomic E-state index is -0.742. The number of hydrogen-bond acceptors (Lipinski definition) is 5.